The Hall–Kier alpha value is -0.120. The van der Waals surface area contributed by atoms with E-state index in [1.165, 1.54) is 52.1 Å². The summed E-state index contributed by atoms with van der Waals surface area (Å²) in [6.07, 6.45) is 2.68. The second-order valence-electron chi connectivity index (χ2n) is 4.66. The minimum atomic E-state index is 1.23. The van der Waals surface area contributed by atoms with E-state index in [4.69, 9.17) is 0 Å². The summed E-state index contributed by atoms with van der Waals surface area (Å²) in [7, 11) is 6.51. The highest BCUT2D eigenvalue weighted by Gasteiger charge is 2.12. The van der Waals surface area contributed by atoms with Gasteiger partial charge in [0, 0.05) is 26.2 Å². The summed E-state index contributed by atoms with van der Waals surface area (Å²) >= 11 is 0. The monoisotopic (exact) mass is 199 g/mol. The van der Waals surface area contributed by atoms with Gasteiger partial charge in [-0.25, -0.2) is 0 Å². The van der Waals surface area contributed by atoms with Crippen molar-refractivity contribution in [3.05, 3.63) is 0 Å². The predicted octanol–water partition coefficient (Wildman–Crippen LogP) is 0.576. The van der Waals surface area contributed by atoms with Crippen LogP contribution in [0.5, 0.6) is 0 Å². The summed E-state index contributed by atoms with van der Waals surface area (Å²) in [4.78, 5) is 7.27. The first-order chi connectivity index (χ1) is 6.68. The Balaban J connectivity index is 1.96. The van der Waals surface area contributed by atoms with Crippen LogP contribution in [0.4, 0.5) is 0 Å². The fourth-order valence-electron chi connectivity index (χ4n) is 1.83. The average molecular weight is 199 g/mol. The van der Waals surface area contributed by atoms with E-state index in [1.807, 2.05) is 0 Å². The van der Waals surface area contributed by atoms with E-state index in [9.17, 15) is 0 Å². The number of unbranched alkanes of at least 4 members (excludes halogenated alkanes) is 1. The van der Waals surface area contributed by atoms with Crippen molar-refractivity contribution in [2.24, 2.45) is 0 Å². The molecule has 0 N–H and O–H groups in total. The molecule has 1 saturated heterocycles. The van der Waals surface area contributed by atoms with Crippen molar-refractivity contribution in [1.29, 1.82) is 0 Å². The van der Waals surface area contributed by atoms with E-state index in [0.717, 1.165) is 0 Å². The van der Waals surface area contributed by atoms with Crippen molar-refractivity contribution >= 4 is 0 Å². The van der Waals surface area contributed by atoms with Gasteiger partial charge in [0.1, 0.15) is 0 Å². The van der Waals surface area contributed by atoms with E-state index in [0.29, 0.717) is 0 Å². The molecule has 0 unspecified atom stereocenters. The standard InChI is InChI=1S/C11H25N3/c1-12(2)6-4-5-7-14-10-8-13(3)9-11-14/h4-11H2,1-3H3. The average Bonchev–Trinajstić information content (AvgIpc) is 2.15. The van der Waals surface area contributed by atoms with Gasteiger partial charge in [0.05, 0.1) is 0 Å². The molecule has 0 aromatic heterocycles. The summed E-state index contributed by atoms with van der Waals surface area (Å²) in [6.45, 7) is 7.54. The molecule has 14 heavy (non-hydrogen) atoms. The molecule has 1 aliphatic rings. The molecule has 3 nitrogen and oxygen atoms in total. The summed E-state index contributed by atoms with van der Waals surface area (Å²) in [5.41, 5.74) is 0. The van der Waals surface area contributed by atoms with E-state index >= 15 is 0 Å². The van der Waals surface area contributed by atoms with Crippen LogP contribution in [-0.4, -0.2) is 75.1 Å². The summed E-state index contributed by atoms with van der Waals surface area (Å²) in [5, 5.41) is 0. The molecule has 0 aromatic rings. The summed E-state index contributed by atoms with van der Waals surface area (Å²) < 4.78 is 0. The molecule has 0 atom stereocenters. The molecule has 84 valence electrons. The number of nitrogens with zero attached hydrogens (tertiary/aromatic N) is 3. The maximum absolute atomic E-state index is 2.59. The van der Waals surface area contributed by atoms with Gasteiger partial charge in [-0.2, -0.15) is 0 Å². The molecular weight excluding hydrogens is 174 g/mol. The number of hydrogen-bond donors (Lipinski definition) is 0. The van der Waals surface area contributed by atoms with Crippen LogP contribution in [0.2, 0.25) is 0 Å². The third kappa shape index (κ3) is 4.94. The lowest BCUT2D eigenvalue weighted by Crippen LogP contribution is -2.44. The summed E-state index contributed by atoms with van der Waals surface area (Å²) in [5.74, 6) is 0. The van der Waals surface area contributed by atoms with Crippen molar-refractivity contribution in [2.45, 2.75) is 12.8 Å². The van der Waals surface area contributed by atoms with Gasteiger partial charge >= 0.3 is 0 Å². The Labute approximate surface area is 88.7 Å². The van der Waals surface area contributed by atoms with Gasteiger partial charge in [-0.3, -0.25) is 0 Å². The first-order valence-electron chi connectivity index (χ1n) is 5.74. The van der Waals surface area contributed by atoms with Gasteiger partial charge < -0.3 is 14.7 Å². The second kappa shape index (κ2) is 6.38. The topological polar surface area (TPSA) is 9.72 Å². The van der Waals surface area contributed by atoms with Crippen molar-refractivity contribution in [3.8, 4) is 0 Å². The van der Waals surface area contributed by atoms with E-state index in [-0.39, 0.29) is 0 Å². The minimum Gasteiger partial charge on any atom is -0.309 e. The van der Waals surface area contributed by atoms with Gasteiger partial charge in [0.2, 0.25) is 0 Å². The normalized spacial score (nSPS) is 20.6. The third-order valence-corrected chi connectivity index (χ3v) is 2.93. The van der Waals surface area contributed by atoms with Crippen LogP contribution in [0.3, 0.4) is 0 Å². The molecule has 0 aromatic carbocycles. The Bertz CT molecular complexity index is 139. The van der Waals surface area contributed by atoms with Crippen LogP contribution in [0, 0.1) is 0 Å². The zero-order valence-corrected chi connectivity index (χ0v) is 10.00. The van der Waals surface area contributed by atoms with Crippen LogP contribution in [0.1, 0.15) is 12.8 Å². The van der Waals surface area contributed by atoms with Crippen LogP contribution >= 0.6 is 0 Å². The lowest BCUT2D eigenvalue weighted by Gasteiger charge is -2.32. The highest BCUT2D eigenvalue weighted by Crippen LogP contribution is 2.01. The van der Waals surface area contributed by atoms with Crippen molar-refractivity contribution in [2.75, 3.05) is 60.4 Å². The largest absolute Gasteiger partial charge is 0.309 e. The molecular formula is C11H25N3. The quantitative estimate of drug-likeness (QED) is 0.600. The molecule has 0 radical (unpaired) electrons. The van der Waals surface area contributed by atoms with E-state index in [1.54, 1.807) is 0 Å². The smallest absolute Gasteiger partial charge is 0.0110 e. The van der Waals surface area contributed by atoms with Gasteiger partial charge in [-0.05, 0) is 47.1 Å². The van der Waals surface area contributed by atoms with Crippen LogP contribution in [-0.2, 0) is 0 Å². The van der Waals surface area contributed by atoms with Crippen LogP contribution in [0.25, 0.3) is 0 Å². The molecule has 1 heterocycles. The van der Waals surface area contributed by atoms with Crippen molar-refractivity contribution in [1.82, 2.24) is 14.7 Å². The Kier molecular flexibility index (Phi) is 5.45. The second-order valence-corrected chi connectivity index (χ2v) is 4.66. The van der Waals surface area contributed by atoms with Gasteiger partial charge in [-0.15, -0.1) is 0 Å². The number of piperazine rings is 1. The molecule has 0 saturated carbocycles. The Morgan fingerprint density at radius 2 is 1.64 bits per heavy atom. The Morgan fingerprint density at radius 1 is 1.00 bits per heavy atom. The van der Waals surface area contributed by atoms with Crippen LogP contribution < -0.4 is 0 Å². The molecule has 0 amide bonds. The zero-order chi connectivity index (χ0) is 10.4. The molecule has 3 heteroatoms. The molecule has 0 spiro atoms. The number of likely N-dealkylation sites (N-methyl/N-ethyl adjacent to an activating group) is 1. The molecule has 1 rings (SSSR count). The summed E-state index contributed by atoms with van der Waals surface area (Å²) in [6, 6.07) is 0. The lowest BCUT2D eigenvalue weighted by atomic mass is 10.2. The first-order valence-corrected chi connectivity index (χ1v) is 5.74. The van der Waals surface area contributed by atoms with Crippen molar-refractivity contribution < 1.29 is 0 Å². The zero-order valence-electron chi connectivity index (χ0n) is 10.00. The number of rotatable bonds is 5. The van der Waals surface area contributed by atoms with Gasteiger partial charge in [0.25, 0.3) is 0 Å². The maximum atomic E-state index is 2.59. The highest BCUT2D eigenvalue weighted by molar-refractivity contribution is 4.68. The number of hydrogen-bond acceptors (Lipinski definition) is 3. The van der Waals surface area contributed by atoms with Crippen molar-refractivity contribution in [3.63, 3.8) is 0 Å². The molecule has 1 fully saturated rings. The van der Waals surface area contributed by atoms with Crippen LogP contribution in [0.15, 0.2) is 0 Å². The molecule has 1 aliphatic heterocycles. The Morgan fingerprint density at radius 3 is 2.21 bits per heavy atom. The SMILES string of the molecule is CN(C)CCCCN1CCN(C)CC1. The molecule has 0 bridgehead atoms. The molecule has 0 aliphatic carbocycles. The first kappa shape index (κ1) is 12.0. The fourth-order valence-corrected chi connectivity index (χ4v) is 1.83. The van der Waals surface area contributed by atoms with E-state index in [2.05, 4.69) is 35.8 Å². The highest BCUT2D eigenvalue weighted by atomic mass is 15.2. The minimum absolute atomic E-state index is 1.23. The van der Waals surface area contributed by atoms with Gasteiger partial charge in [0.15, 0.2) is 0 Å². The predicted molar refractivity (Wildman–Crippen MR) is 61.7 cm³/mol. The fraction of sp³-hybridized carbons (Fsp3) is 1.00. The maximum Gasteiger partial charge on any atom is 0.0110 e. The lowest BCUT2D eigenvalue weighted by molar-refractivity contribution is 0.151. The van der Waals surface area contributed by atoms with E-state index < -0.39 is 0 Å². The van der Waals surface area contributed by atoms with Gasteiger partial charge in [-0.1, -0.05) is 0 Å². The third-order valence-electron chi connectivity index (χ3n) is 2.93.